The summed E-state index contributed by atoms with van der Waals surface area (Å²) in [5.74, 6) is 1.54. The lowest BCUT2D eigenvalue weighted by atomic mass is 10.1. The highest BCUT2D eigenvalue weighted by Crippen LogP contribution is 2.34. The maximum atomic E-state index is 5.56. The van der Waals surface area contributed by atoms with Gasteiger partial charge >= 0.3 is 0 Å². The molecule has 0 bridgehead atoms. The van der Waals surface area contributed by atoms with Crippen LogP contribution in [0.2, 0.25) is 0 Å². The normalized spacial score (nSPS) is 16.3. The molecule has 1 aromatic heterocycles. The monoisotopic (exact) mass is 263 g/mol. The third-order valence-corrected chi connectivity index (χ3v) is 3.43. The standard InChI is InChI=1S/C15H25N3O/c1-3-7-16-14(12-5-6-12)9-13-10-15(18-11-17-13)19-8-4-2/h10-12,14,16H,3-9H2,1-2H3. The summed E-state index contributed by atoms with van der Waals surface area (Å²) in [5.41, 5.74) is 1.08. The second-order valence-electron chi connectivity index (χ2n) is 5.30. The van der Waals surface area contributed by atoms with Crippen LogP contribution in [-0.4, -0.2) is 29.2 Å². The Morgan fingerprint density at radius 1 is 1.32 bits per heavy atom. The van der Waals surface area contributed by atoms with Crippen molar-refractivity contribution in [2.45, 2.75) is 52.0 Å². The van der Waals surface area contributed by atoms with Crippen LogP contribution in [0.15, 0.2) is 12.4 Å². The molecule has 1 aliphatic rings. The number of nitrogens with one attached hydrogen (secondary N) is 1. The van der Waals surface area contributed by atoms with Crippen molar-refractivity contribution in [1.29, 1.82) is 0 Å². The first kappa shape index (κ1) is 14.3. The molecule has 1 N–H and O–H groups in total. The number of ether oxygens (including phenoxy) is 1. The van der Waals surface area contributed by atoms with E-state index in [1.807, 2.05) is 6.07 Å². The Morgan fingerprint density at radius 2 is 2.16 bits per heavy atom. The number of rotatable bonds is 9. The average Bonchev–Trinajstić information content (AvgIpc) is 3.26. The fourth-order valence-electron chi connectivity index (χ4n) is 2.23. The molecule has 1 unspecified atom stereocenters. The van der Waals surface area contributed by atoms with Gasteiger partial charge in [0.05, 0.1) is 6.61 Å². The van der Waals surface area contributed by atoms with Crippen LogP contribution in [0.1, 0.15) is 45.2 Å². The van der Waals surface area contributed by atoms with Crippen LogP contribution in [-0.2, 0) is 6.42 Å². The van der Waals surface area contributed by atoms with Crippen LogP contribution in [0.4, 0.5) is 0 Å². The summed E-state index contributed by atoms with van der Waals surface area (Å²) in [6.45, 7) is 6.11. The predicted molar refractivity (Wildman–Crippen MR) is 76.3 cm³/mol. The molecule has 0 aliphatic heterocycles. The lowest BCUT2D eigenvalue weighted by Crippen LogP contribution is -2.34. The van der Waals surface area contributed by atoms with E-state index in [-0.39, 0.29) is 0 Å². The molecule has 106 valence electrons. The lowest BCUT2D eigenvalue weighted by molar-refractivity contribution is 0.304. The smallest absolute Gasteiger partial charge is 0.216 e. The minimum atomic E-state index is 0.564. The van der Waals surface area contributed by atoms with Crippen molar-refractivity contribution >= 4 is 0 Å². The minimum absolute atomic E-state index is 0.564. The molecule has 0 amide bonds. The van der Waals surface area contributed by atoms with Crippen LogP contribution >= 0.6 is 0 Å². The zero-order valence-corrected chi connectivity index (χ0v) is 12.1. The van der Waals surface area contributed by atoms with Crippen molar-refractivity contribution in [3.05, 3.63) is 18.1 Å². The maximum absolute atomic E-state index is 5.56. The summed E-state index contributed by atoms with van der Waals surface area (Å²) in [6.07, 6.45) is 7.48. The largest absolute Gasteiger partial charge is 0.478 e. The average molecular weight is 263 g/mol. The van der Waals surface area contributed by atoms with Crippen LogP contribution in [0.25, 0.3) is 0 Å². The van der Waals surface area contributed by atoms with Crippen molar-refractivity contribution in [2.75, 3.05) is 13.2 Å². The molecular formula is C15H25N3O. The second kappa shape index (κ2) is 7.43. The van der Waals surface area contributed by atoms with Gasteiger partial charge in [-0.3, -0.25) is 0 Å². The highest BCUT2D eigenvalue weighted by Gasteiger charge is 2.31. The predicted octanol–water partition coefficient (Wildman–Crippen LogP) is 2.59. The molecule has 1 atom stereocenters. The summed E-state index contributed by atoms with van der Waals surface area (Å²) >= 11 is 0. The molecule has 1 heterocycles. The number of nitrogens with zero attached hydrogens (tertiary/aromatic N) is 2. The summed E-state index contributed by atoms with van der Waals surface area (Å²) in [5, 5.41) is 3.64. The Balaban J connectivity index is 1.92. The van der Waals surface area contributed by atoms with Gasteiger partial charge in [-0.25, -0.2) is 9.97 Å². The number of aromatic nitrogens is 2. The molecule has 0 spiro atoms. The molecule has 4 heteroatoms. The summed E-state index contributed by atoms with van der Waals surface area (Å²) in [4.78, 5) is 8.53. The SMILES string of the molecule is CCCNC(Cc1cc(OCCC)ncn1)C1CC1. The van der Waals surface area contributed by atoms with Gasteiger partial charge in [-0.05, 0) is 38.1 Å². The Kier molecular flexibility index (Phi) is 5.58. The highest BCUT2D eigenvalue weighted by molar-refractivity contribution is 5.15. The maximum Gasteiger partial charge on any atom is 0.216 e. The van der Waals surface area contributed by atoms with E-state index in [1.165, 1.54) is 19.3 Å². The molecule has 0 saturated heterocycles. The van der Waals surface area contributed by atoms with E-state index in [0.29, 0.717) is 11.9 Å². The third kappa shape index (κ3) is 4.78. The van der Waals surface area contributed by atoms with E-state index in [4.69, 9.17) is 4.74 Å². The van der Waals surface area contributed by atoms with Gasteiger partial charge in [0.25, 0.3) is 0 Å². The minimum Gasteiger partial charge on any atom is -0.478 e. The van der Waals surface area contributed by atoms with Crippen LogP contribution < -0.4 is 10.1 Å². The van der Waals surface area contributed by atoms with Gasteiger partial charge in [0.1, 0.15) is 6.33 Å². The summed E-state index contributed by atoms with van der Waals surface area (Å²) in [6, 6.07) is 2.55. The molecule has 1 aliphatic carbocycles. The van der Waals surface area contributed by atoms with Crippen molar-refractivity contribution in [1.82, 2.24) is 15.3 Å². The molecule has 2 rings (SSSR count). The van der Waals surface area contributed by atoms with E-state index in [1.54, 1.807) is 6.33 Å². The van der Waals surface area contributed by atoms with E-state index < -0.39 is 0 Å². The fourth-order valence-corrected chi connectivity index (χ4v) is 2.23. The molecule has 1 aromatic rings. The Labute approximate surface area is 116 Å². The number of hydrogen-bond acceptors (Lipinski definition) is 4. The highest BCUT2D eigenvalue weighted by atomic mass is 16.5. The summed E-state index contributed by atoms with van der Waals surface area (Å²) < 4.78 is 5.56. The van der Waals surface area contributed by atoms with Crippen molar-refractivity contribution in [3.8, 4) is 5.88 Å². The first-order valence-electron chi connectivity index (χ1n) is 7.50. The van der Waals surface area contributed by atoms with Crippen molar-refractivity contribution < 1.29 is 4.74 Å². The van der Waals surface area contributed by atoms with Gasteiger partial charge in [0.15, 0.2) is 0 Å². The van der Waals surface area contributed by atoms with Gasteiger partial charge in [0, 0.05) is 24.2 Å². The Bertz CT molecular complexity index is 379. The van der Waals surface area contributed by atoms with E-state index in [2.05, 4.69) is 29.1 Å². The lowest BCUT2D eigenvalue weighted by Gasteiger charge is -2.17. The van der Waals surface area contributed by atoms with E-state index >= 15 is 0 Å². The van der Waals surface area contributed by atoms with Gasteiger partial charge in [0.2, 0.25) is 5.88 Å². The quantitative estimate of drug-likeness (QED) is 0.744. The van der Waals surface area contributed by atoms with Crippen LogP contribution in [0.3, 0.4) is 0 Å². The van der Waals surface area contributed by atoms with Gasteiger partial charge in [-0.1, -0.05) is 13.8 Å². The van der Waals surface area contributed by atoms with E-state index in [9.17, 15) is 0 Å². The Morgan fingerprint density at radius 3 is 2.84 bits per heavy atom. The number of hydrogen-bond donors (Lipinski definition) is 1. The van der Waals surface area contributed by atoms with Crippen molar-refractivity contribution in [2.24, 2.45) is 5.92 Å². The van der Waals surface area contributed by atoms with Gasteiger partial charge in [-0.2, -0.15) is 0 Å². The zero-order valence-electron chi connectivity index (χ0n) is 12.1. The molecule has 1 saturated carbocycles. The van der Waals surface area contributed by atoms with Gasteiger partial charge in [-0.15, -0.1) is 0 Å². The first-order valence-corrected chi connectivity index (χ1v) is 7.50. The van der Waals surface area contributed by atoms with E-state index in [0.717, 1.165) is 37.6 Å². The summed E-state index contributed by atoms with van der Waals surface area (Å²) in [7, 11) is 0. The molecular weight excluding hydrogens is 238 g/mol. The van der Waals surface area contributed by atoms with Crippen molar-refractivity contribution in [3.63, 3.8) is 0 Å². The Hall–Kier alpha value is -1.16. The second-order valence-corrected chi connectivity index (χ2v) is 5.30. The molecule has 4 nitrogen and oxygen atoms in total. The fraction of sp³-hybridized carbons (Fsp3) is 0.733. The topological polar surface area (TPSA) is 47.0 Å². The molecule has 0 radical (unpaired) electrons. The third-order valence-electron chi connectivity index (χ3n) is 3.43. The molecule has 19 heavy (non-hydrogen) atoms. The first-order chi connectivity index (χ1) is 9.33. The molecule has 1 fully saturated rings. The zero-order chi connectivity index (χ0) is 13.5. The van der Waals surface area contributed by atoms with Crippen LogP contribution in [0.5, 0.6) is 5.88 Å². The van der Waals surface area contributed by atoms with Gasteiger partial charge < -0.3 is 10.1 Å². The molecule has 0 aromatic carbocycles. The van der Waals surface area contributed by atoms with Crippen LogP contribution in [0, 0.1) is 5.92 Å².